The average molecular weight is 239 g/mol. The third kappa shape index (κ3) is 4.40. The first-order chi connectivity index (χ1) is 8.40. The van der Waals surface area contributed by atoms with Crippen LogP contribution in [0.4, 0.5) is 0 Å². The Hall–Kier alpha value is -1.01. The highest BCUT2D eigenvalue weighted by atomic mass is 16.5. The molecule has 17 heavy (non-hydrogen) atoms. The minimum atomic E-state index is 0.697. The third-order valence-corrected chi connectivity index (χ3v) is 2.81. The van der Waals surface area contributed by atoms with Gasteiger partial charge < -0.3 is 10.1 Å². The van der Waals surface area contributed by atoms with E-state index in [4.69, 9.17) is 4.74 Å². The van der Waals surface area contributed by atoms with Crippen LogP contribution in [-0.4, -0.2) is 40.0 Å². The van der Waals surface area contributed by atoms with E-state index in [2.05, 4.69) is 27.8 Å². The largest absolute Gasteiger partial charge is 0.379 e. The first-order valence-corrected chi connectivity index (χ1v) is 6.43. The van der Waals surface area contributed by atoms with E-state index < -0.39 is 0 Å². The molecule has 0 aliphatic heterocycles. The first kappa shape index (κ1) is 12.4. The van der Waals surface area contributed by atoms with E-state index in [1.807, 2.05) is 4.68 Å². The molecule has 0 atom stereocenters. The van der Waals surface area contributed by atoms with Gasteiger partial charge in [-0.25, -0.2) is 4.68 Å². The van der Waals surface area contributed by atoms with Gasteiger partial charge in [-0.05, 0) is 42.2 Å². The molecule has 0 amide bonds. The van der Waals surface area contributed by atoms with Crippen LogP contribution in [-0.2, 0) is 17.8 Å². The molecular formula is C11H21N5O. The molecule has 2 rings (SSSR count). The predicted octanol–water partition coefficient (Wildman–Crippen LogP) is 0.599. The van der Waals surface area contributed by atoms with Crippen LogP contribution in [0.15, 0.2) is 0 Å². The van der Waals surface area contributed by atoms with Crippen molar-refractivity contribution < 1.29 is 4.74 Å². The summed E-state index contributed by atoms with van der Waals surface area (Å²) < 4.78 is 7.39. The van der Waals surface area contributed by atoms with Crippen molar-refractivity contribution in [2.24, 2.45) is 5.92 Å². The zero-order valence-corrected chi connectivity index (χ0v) is 10.4. The fourth-order valence-electron chi connectivity index (χ4n) is 1.59. The van der Waals surface area contributed by atoms with Crippen molar-refractivity contribution in [3.05, 3.63) is 5.82 Å². The summed E-state index contributed by atoms with van der Waals surface area (Å²) in [6, 6.07) is 0. The summed E-state index contributed by atoms with van der Waals surface area (Å²) in [7, 11) is 0. The second-order valence-electron chi connectivity index (χ2n) is 4.51. The van der Waals surface area contributed by atoms with Crippen molar-refractivity contribution in [1.82, 2.24) is 25.5 Å². The maximum atomic E-state index is 5.57. The zero-order valence-electron chi connectivity index (χ0n) is 10.4. The number of nitrogens with zero attached hydrogens (tertiary/aromatic N) is 4. The summed E-state index contributed by atoms with van der Waals surface area (Å²) in [5, 5.41) is 14.9. The van der Waals surface area contributed by atoms with Crippen LogP contribution in [0.5, 0.6) is 0 Å². The molecule has 0 bridgehead atoms. The van der Waals surface area contributed by atoms with Gasteiger partial charge in [-0.2, -0.15) is 0 Å². The van der Waals surface area contributed by atoms with Crippen LogP contribution < -0.4 is 5.32 Å². The van der Waals surface area contributed by atoms with Gasteiger partial charge in [0.2, 0.25) is 0 Å². The molecule has 1 aliphatic carbocycles. The van der Waals surface area contributed by atoms with E-state index in [0.29, 0.717) is 6.61 Å². The van der Waals surface area contributed by atoms with Crippen LogP contribution in [0.1, 0.15) is 32.0 Å². The number of ether oxygens (including phenoxy) is 1. The van der Waals surface area contributed by atoms with Crippen LogP contribution >= 0.6 is 0 Å². The molecule has 1 N–H and O–H groups in total. The Morgan fingerprint density at radius 1 is 1.47 bits per heavy atom. The molecule has 1 heterocycles. The highest BCUT2D eigenvalue weighted by Crippen LogP contribution is 2.28. The number of hydrogen-bond donors (Lipinski definition) is 1. The summed E-state index contributed by atoms with van der Waals surface area (Å²) in [5.74, 6) is 1.70. The Bertz CT molecular complexity index is 323. The van der Waals surface area contributed by atoms with Crippen LogP contribution in [0.3, 0.4) is 0 Å². The Morgan fingerprint density at radius 3 is 3.12 bits per heavy atom. The number of aromatic nitrogens is 4. The van der Waals surface area contributed by atoms with Crippen molar-refractivity contribution >= 4 is 0 Å². The summed E-state index contributed by atoms with van der Waals surface area (Å²) in [4.78, 5) is 0. The van der Waals surface area contributed by atoms with Crippen molar-refractivity contribution in [3.63, 3.8) is 0 Å². The van der Waals surface area contributed by atoms with Gasteiger partial charge in [-0.3, -0.25) is 0 Å². The fraction of sp³-hybridized carbons (Fsp3) is 0.909. The second-order valence-corrected chi connectivity index (χ2v) is 4.51. The Balaban J connectivity index is 1.65. The standard InChI is InChI=1S/C11H21N5O/c1-2-5-12-8-11-13-14-15-16(11)6-7-17-9-10-3-4-10/h10,12H,2-9H2,1H3. The molecule has 1 fully saturated rings. The van der Waals surface area contributed by atoms with Crippen molar-refractivity contribution in [3.8, 4) is 0 Å². The Morgan fingerprint density at radius 2 is 2.35 bits per heavy atom. The lowest BCUT2D eigenvalue weighted by Crippen LogP contribution is -2.19. The van der Waals surface area contributed by atoms with E-state index >= 15 is 0 Å². The molecule has 6 nitrogen and oxygen atoms in total. The number of hydrogen-bond acceptors (Lipinski definition) is 5. The lowest BCUT2D eigenvalue weighted by Gasteiger charge is -2.06. The van der Waals surface area contributed by atoms with Gasteiger partial charge in [0, 0.05) is 6.61 Å². The topological polar surface area (TPSA) is 64.9 Å². The molecule has 1 aromatic heterocycles. The van der Waals surface area contributed by atoms with E-state index in [9.17, 15) is 0 Å². The maximum absolute atomic E-state index is 5.57. The van der Waals surface area contributed by atoms with E-state index in [-0.39, 0.29) is 0 Å². The molecule has 0 unspecified atom stereocenters. The molecule has 1 aliphatic rings. The summed E-state index contributed by atoms with van der Waals surface area (Å²) in [5.41, 5.74) is 0. The third-order valence-electron chi connectivity index (χ3n) is 2.81. The summed E-state index contributed by atoms with van der Waals surface area (Å²) in [6.45, 7) is 6.19. The minimum Gasteiger partial charge on any atom is -0.379 e. The summed E-state index contributed by atoms with van der Waals surface area (Å²) >= 11 is 0. The lowest BCUT2D eigenvalue weighted by atomic mass is 10.4. The van der Waals surface area contributed by atoms with Crippen LogP contribution in [0.2, 0.25) is 0 Å². The van der Waals surface area contributed by atoms with Crippen LogP contribution in [0, 0.1) is 5.92 Å². The van der Waals surface area contributed by atoms with Gasteiger partial charge in [0.25, 0.3) is 0 Å². The first-order valence-electron chi connectivity index (χ1n) is 6.43. The van der Waals surface area contributed by atoms with E-state index in [0.717, 1.165) is 44.4 Å². The minimum absolute atomic E-state index is 0.697. The van der Waals surface area contributed by atoms with Gasteiger partial charge in [0.15, 0.2) is 5.82 Å². The van der Waals surface area contributed by atoms with Gasteiger partial charge in [0.1, 0.15) is 0 Å². The molecular weight excluding hydrogens is 218 g/mol. The van der Waals surface area contributed by atoms with Gasteiger partial charge in [0.05, 0.1) is 19.7 Å². The molecule has 96 valence electrons. The Kier molecular flexibility index (Phi) is 4.88. The zero-order chi connectivity index (χ0) is 11.9. The van der Waals surface area contributed by atoms with Gasteiger partial charge in [-0.15, -0.1) is 5.10 Å². The van der Waals surface area contributed by atoms with Crippen molar-refractivity contribution in [2.75, 3.05) is 19.8 Å². The quantitative estimate of drug-likeness (QED) is 0.639. The smallest absolute Gasteiger partial charge is 0.165 e. The predicted molar refractivity (Wildman–Crippen MR) is 63.4 cm³/mol. The normalized spacial score (nSPS) is 15.4. The van der Waals surface area contributed by atoms with E-state index in [1.54, 1.807) is 0 Å². The van der Waals surface area contributed by atoms with Crippen molar-refractivity contribution in [1.29, 1.82) is 0 Å². The molecule has 0 aromatic carbocycles. The van der Waals surface area contributed by atoms with E-state index in [1.165, 1.54) is 12.8 Å². The van der Waals surface area contributed by atoms with Gasteiger partial charge >= 0.3 is 0 Å². The highest BCUT2D eigenvalue weighted by molar-refractivity contribution is 4.79. The molecule has 1 saturated carbocycles. The molecule has 1 aromatic rings. The maximum Gasteiger partial charge on any atom is 0.165 e. The lowest BCUT2D eigenvalue weighted by molar-refractivity contribution is 0.113. The number of rotatable bonds is 9. The molecule has 0 spiro atoms. The Labute approximate surface area is 102 Å². The fourth-order valence-corrected chi connectivity index (χ4v) is 1.59. The number of tetrazole rings is 1. The van der Waals surface area contributed by atoms with Crippen molar-refractivity contribution in [2.45, 2.75) is 39.3 Å². The molecule has 0 saturated heterocycles. The van der Waals surface area contributed by atoms with Crippen LogP contribution in [0.25, 0.3) is 0 Å². The number of nitrogens with one attached hydrogen (secondary N) is 1. The SMILES string of the molecule is CCCNCc1nnnn1CCOCC1CC1. The second kappa shape index (κ2) is 6.66. The molecule has 6 heteroatoms. The monoisotopic (exact) mass is 239 g/mol. The highest BCUT2D eigenvalue weighted by Gasteiger charge is 2.20. The van der Waals surface area contributed by atoms with Gasteiger partial charge in [-0.1, -0.05) is 6.92 Å². The summed E-state index contributed by atoms with van der Waals surface area (Å²) in [6.07, 6.45) is 3.78. The average Bonchev–Trinajstić information content (AvgIpc) is 3.06. The molecule has 0 radical (unpaired) electrons.